The van der Waals surface area contributed by atoms with Crippen LogP contribution in [0, 0.1) is 6.92 Å². The number of amides is 1. The third-order valence-corrected chi connectivity index (χ3v) is 1.82. The Morgan fingerprint density at radius 1 is 1.47 bits per heavy atom. The molecule has 1 aromatic rings. The van der Waals surface area contributed by atoms with E-state index in [0.29, 0.717) is 5.56 Å². The van der Waals surface area contributed by atoms with Crippen LogP contribution in [0.2, 0.25) is 0 Å². The fourth-order valence-electron chi connectivity index (χ4n) is 1.22. The number of ether oxygens (including phenoxy) is 1. The standard InChI is InChI=1S/C11H14N2O4/c1-6(2)13-10(14)9-8(17-11(15)16)4-7(3)5-12-9/h4-6H,1-3H3,(H,13,14)(H,15,16). The Bertz CT molecular complexity index is 443. The monoisotopic (exact) mass is 238 g/mol. The number of carbonyl (C=O) groups is 2. The van der Waals surface area contributed by atoms with Crippen molar-refractivity contribution in [3.05, 3.63) is 23.5 Å². The molecule has 6 nitrogen and oxygen atoms in total. The second-order valence-corrected chi connectivity index (χ2v) is 3.86. The summed E-state index contributed by atoms with van der Waals surface area (Å²) in [5.74, 6) is -0.521. The summed E-state index contributed by atoms with van der Waals surface area (Å²) in [6, 6.07) is 1.39. The average Bonchev–Trinajstić information content (AvgIpc) is 2.15. The zero-order chi connectivity index (χ0) is 13.0. The van der Waals surface area contributed by atoms with Gasteiger partial charge >= 0.3 is 6.16 Å². The van der Waals surface area contributed by atoms with Gasteiger partial charge in [-0.3, -0.25) is 4.79 Å². The molecule has 0 saturated carbocycles. The molecule has 0 radical (unpaired) electrons. The zero-order valence-corrected chi connectivity index (χ0v) is 9.85. The molecule has 6 heteroatoms. The van der Waals surface area contributed by atoms with Gasteiger partial charge in [-0.1, -0.05) is 0 Å². The Morgan fingerprint density at radius 2 is 2.12 bits per heavy atom. The van der Waals surface area contributed by atoms with Crippen LogP contribution in [0.5, 0.6) is 5.75 Å². The zero-order valence-electron chi connectivity index (χ0n) is 9.85. The van der Waals surface area contributed by atoms with E-state index in [9.17, 15) is 9.59 Å². The van der Waals surface area contributed by atoms with Crippen LogP contribution in [-0.2, 0) is 0 Å². The maximum atomic E-state index is 11.7. The summed E-state index contributed by atoms with van der Waals surface area (Å²) < 4.78 is 4.52. The van der Waals surface area contributed by atoms with E-state index in [1.807, 2.05) is 0 Å². The normalized spacial score (nSPS) is 10.1. The van der Waals surface area contributed by atoms with Gasteiger partial charge in [-0.15, -0.1) is 0 Å². The van der Waals surface area contributed by atoms with Gasteiger partial charge in [0.2, 0.25) is 0 Å². The number of nitrogens with zero attached hydrogens (tertiary/aromatic N) is 1. The molecule has 0 aliphatic carbocycles. The molecule has 1 amide bonds. The van der Waals surface area contributed by atoms with Crippen molar-refractivity contribution in [3.63, 3.8) is 0 Å². The van der Waals surface area contributed by atoms with E-state index in [1.165, 1.54) is 12.3 Å². The lowest BCUT2D eigenvalue weighted by atomic mass is 10.2. The number of aryl methyl sites for hydroxylation is 1. The van der Waals surface area contributed by atoms with Crippen LogP contribution in [0.25, 0.3) is 0 Å². The molecule has 0 bridgehead atoms. The molecule has 0 atom stereocenters. The number of carboxylic acid groups (broad SMARTS) is 1. The molecular weight excluding hydrogens is 224 g/mol. The maximum absolute atomic E-state index is 11.7. The largest absolute Gasteiger partial charge is 0.511 e. The smallest absolute Gasteiger partial charge is 0.449 e. The third-order valence-electron chi connectivity index (χ3n) is 1.82. The number of aromatic nitrogens is 1. The number of pyridine rings is 1. The highest BCUT2D eigenvalue weighted by Gasteiger charge is 2.17. The molecule has 1 aromatic heterocycles. The highest BCUT2D eigenvalue weighted by molar-refractivity contribution is 5.95. The first-order chi connectivity index (χ1) is 7.90. The van der Waals surface area contributed by atoms with E-state index in [1.54, 1.807) is 20.8 Å². The van der Waals surface area contributed by atoms with Gasteiger partial charge in [0.15, 0.2) is 11.4 Å². The van der Waals surface area contributed by atoms with Gasteiger partial charge in [-0.05, 0) is 32.4 Å². The molecule has 0 aliphatic heterocycles. The predicted molar refractivity (Wildman–Crippen MR) is 60.2 cm³/mol. The van der Waals surface area contributed by atoms with Crippen LogP contribution in [0.1, 0.15) is 29.9 Å². The van der Waals surface area contributed by atoms with E-state index >= 15 is 0 Å². The van der Waals surface area contributed by atoms with Gasteiger partial charge in [0.25, 0.3) is 5.91 Å². The lowest BCUT2D eigenvalue weighted by Crippen LogP contribution is -2.31. The van der Waals surface area contributed by atoms with Crippen LogP contribution in [0.4, 0.5) is 4.79 Å². The minimum Gasteiger partial charge on any atom is -0.449 e. The molecule has 92 valence electrons. The minimum atomic E-state index is -1.48. The number of hydrogen-bond acceptors (Lipinski definition) is 4. The summed E-state index contributed by atoms with van der Waals surface area (Å²) in [7, 11) is 0. The Labute approximate surface area is 98.6 Å². The molecule has 1 rings (SSSR count). The summed E-state index contributed by atoms with van der Waals surface area (Å²) in [4.78, 5) is 26.1. The van der Waals surface area contributed by atoms with Gasteiger partial charge in [-0.25, -0.2) is 9.78 Å². The van der Waals surface area contributed by atoms with Gasteiger partial charge in [-0.2, -0.15) is 0 Å². The highest BCUT2D eigenvalue weighted by atomic mass is 16.7. The van der Waals surface area contributed by atoms with Crippen LogP contribution < -0.4 is 10.1 Å². The molecule has 0 saturated heterocycles. The van der Waals surface area contributed by atoms with Crippen molar-refractivity contribution in [2.24, 2.45) is 0 Å². The quantitative estimate of drug-likeness (QED) is 0.780. The number of carbonyl (C=O) groups excluding carboxylic acids is 1. The van der Waals surface area contributed by atoms with Crippen molar-refractivity contribution in [1.29, 1.82) is 0 Å². The first-order valence-electron chi connectivity index (χ1n) is 5.08. The molecule has 0 aromatic carbocycles. The van der Waals surface area contributed by atoms with Crippen molar-refractivity contribution in [2.45, 2.75) is 26.8 Å². The summed E-state index contributed by atoms with van der Waals surface area (Å²) in [5.41, 5.74) is 0.675. The maximum Gasteiger partial charge on any atom is 0.511 e. The topological polar surface area (TPSA) is 88.5 Å². The Morgan fingerprint density at radius 3 is 2.65 bits per heavy atom. The van der Waals surface area contributed by atoms with E-state index < -0.39 is 12.1 Å². The SMILES string of the molecule is Cc1cnc(C(=O)NC(C)C)c(OC(=O)O)c1. The fraction of sp³-hybridized carbons (Fsp3) is 0.364. The Balaban J connectivity index is 3.05. The van der Waals surface area contributed by atoms with Gasteiger partial charge in [0, 0.05) is 12.2 Å². The first-order valence-corrected chi connectivity index (χ1v) is 5.08. The molecule has 0 unspecified atom stereocenters. The van der Waals surface area contributed by atoms with E-state index in [-0.39, 0.29) is 17.5 Å². The molecule has 0 aliphatic rings. The minimum absolute atomic E-state index is 0.0355. The summed E-state index contributed by atoms with van der Waals surface area (Å²) in [6.45, 7) is 5.32. The van der Waals surface area contributed by atoms with Crippen LogP contribution >= 0.6 is 0 Å². The number of nitrogens with one attached hydrogen (secondary N) is 1. The van der Waals surface area contributed by atoms with Crippen LogP contribution in [0.3, 0.4) is 0 Å². The average molecular weight is 238 g/mol. The molecule has 1 heterocycles. The van der Waals surface area contributed by atoms with Crippen molar-refractivity contribution in [1.82, 2.24) is 10.3 Å². The lowest BCUT2D eigenvalue weighted by Gasteiger charge is -2.10. The van der Waals surface area contributed by atoms with Gasteiger partial charge < -0.3 is 15.2 Å². The third kappa shape index (κ3) is 3.75. The van der Waals surface area contributed by atoms with Gasteiger partial charge in [0.05, 0.1) is 0 Å². The second kappa shape index (κ2) is 5.29. The molecule has 2 N–H and O–H groups in total. The number of rotatable bonds is 3. The van der Waals surface area contributed by atoms with Crippen LogP contribution in [0.15, 0.2) is 12.3 Å². The summed E-state index contributed by atoms with van der Waals surface area (Å²) in [6.07, 6.45) is 0.000213. The van der Waals surface area contributed by atoms with Crippen molar-refractivity contribution in [3.8, 4) is 5.75 Å². The predicted octanol–water partition coefficient (Wildman–Crippen LogP) is 1.59. The second-order valence-electron chi connectivity index (χ2n) is 3.86. The van der Waals surface area contributed by atoms with Crippen molar-refractivity contribution >= 4 is 12.1 Å². The summed E-state index contributed by atoms with van der Waals surface area (Å²) >= 11 is 0. The first kappa shape index (κ1) is 13.0. The van der Waals surface area contributed by atoms with Crippen molar-refractivity contribution < 1.29 is 19.4 Å². The van der Waals surface area contributed by atoms with Gasteiger partial charge in [0.1, 0.15) is 0 Å². The lowest BCUT2D eigenvalue weighted by molar-refractivity contribution is 0.0933. The summed E-state index contributed by atoms with van der Waals surface area (Å²) in [5, 5.41) is 11.2. The van der Waals surface area contributed by atoms with Crippen molar-refractivity contribution in [2.75, 3.05) is 0 Å². The molecule has 0 spiro atoms. The number of hydrogen-bond donors (Lipinski definition) is 2. The highest BCUT2D eigenvalue weighted by Crippen LogP contribution is 2.18. The van der Waals surface area contributed by atoms with E-state index in [0.717, 1.165) is 0 Å². The molecule has 0 fully saturated rings. The Kier molecular flexibility index (Phi) is 4.03. The molecule has 17 heavy (non-hydrogen) atoms. The van der Waals surface area contributed by atoms with E-state index in [2.05, 4.69) is 15.0 Å². The Hall–Kier alpha value is -2.11. The van der Waals surface area contributed by atoms with E-state index in [4.69, 9.17) is 5.11 Å². The fourth-order valence-corrected chi connectivity index (χ4v) is 1.22. The van der Waals surface area contributed by atoms with Crippen LogP contribution in [-0.4, -0.2) is 28.2 Å². The molecular formula is C11H14N2O4.